The molecule has 142 valence electrons. The van der Waals surface area contributed by atoms with Crippen LogP contribution in [0.25, 0.3) is 0 Å². The number of sulfone groups is 1. The lowest BCUT2D eigenvalue weighted by molar-refractivity contribution is -0.125. The van der Waals surface area contributed by atoms with E-state index in [4.69, 9.17) is 0 Å². The lowest BCUT2D eigenvalue weighted by Crippen LogP contribution is -2.57. The molecule has 1 saturated heterocycles. The minimum atomic E-state index is -3.65. The van der Waals surface area contributed by atoms with E-state index >= 15 is 0 Å². The van der Waals surface area contributed by atoms with Gasteiger partial charge in [-0.15, -0.1) is 12.4 Å². The molecular formula is C16H23ClF2N2O3S. The van der Waals surface area contributed by atoms with Crippen LogP contribution in [0.5, 0.6) is 0 Å². The van der Waals surface area contributed by atoms with E-state index in [-0.39, 0.29) is 30.8 Å². The average molecular weight is 397 g/mol. The summed E-state index contributed by atoms with van der Waals surface area (Å²) in [7, 11) is -3.65. The second-order valence-corrected chi connectivity index (χ2v) is 8.44. The van der Waals surface area contributed by atoms with Gasteiger partial charge in [0.05, 0.1) is 6.04 Å². The first-order chi connectivity index (χ1) is 11.2. The smallest absolute Gasteiger partial charge is 0.242 e. The molecule has 1 aliphatic heterocycles. The monoisotopic (exact) mass is 396 g/mol. The summed E-state index contributed by atoms with van der Waals surface area (Å²) in [6.07, 6.45) is 1.74. The molecule has 0 aromatic heterocycles. The molecule has 5 nitrogen and oxygen atoms in total. The summed E-state index contributed by atoms with van der Waals surface area (Å²) in [4.78, 5) is 12.8. The lowest BCUT2D eigenvalue weighted by atomic mass is 9.94. The van der Waals surface area contributed by atoms with Crippen LogP contribution in [0, 0.1) is 11.6 Å². The first kappa shape index (κ1) is 21.8. The zero-order valence-electron chi connectivity index (χ0n) is 14.1. The van der Waals surface area contributed by atoms with Gasteiger partial charge in [-0.05, 0) is 38.4 Å². The lowest BCUT2D eigenvalue weighted by Gasteiger charge is -2.35. The van der Waals surface area contributed by atoms with Gasteiger partial charge in [-0.25, -0.2) is 17.2 Å². The Morgan fingerprint density at radius 3 is 2.40 bits per heavy atom. The van der Waals surface area contributed by atoms with Crippen LogP contribution >= 0.6 is 12.4 Å². The number of nitrogens with one attached hydrogen (secondary N) is 2. The van der Waals surface area contributed by atoms with Crippen LogP contribution in [-0.4, -0.2) is 38.4 Å². The third kappa shape index (κ3) is 4.48. The third-order valence-electron chi connectivity index (χ3n) is 4.59. The Balaban J connectivity index is 0.00000312. The number of carbonyl (C=O) groups is 1. The summed E-state index contributed by atoms with van der Waals surface area (Å²) >= 11 is 0. The molecule has 2 N–H and O–H groups in total. The van der Waals surface area contributed by atoms with Crippen LogP contribution < -0.4 is 10.6 Å². The Labute approximate surface area is 152 Å². The van der Waals surface area contributed by atoms with Crippen molar-refractivity contribution in [1.82, 2.24) is 10.6 Å². The van der Waals surface area contributed by atoms with Gasteiger partial charge in [-0.3, -0.25) is 4.79 Å². The summed E-state index contributed by atoms with van der Waals surface area (Å²) < 4.78 is 50.1. The number of rotatable bonds is 5. The second kappa shape index (κ2) is 8.42. The van der Waals surface area contributed by atoms with Gasteiger partial charge >= 0.3 is 0 Å². The summed E-state index contributed by atoms with van der Waals surface area (Å²) in [5, 5.41) is 5.69. The Morgan fingerprint density at radius 1 is 1.32 bits per heavy atom. The molecule has 1 aromatic rings. The molecule has 25 heavy (non-hydrogen) atoms. The fraction of sp³-hybridized carbons (Fsp3) is 0.562. The molecule has 1 unspecified atom stereocenters. The Kier molecular flexibility index (Phi) is 7.34. The van der Waals surface area contributed by atoms with E-state index in [9.17, 15) is 22.0 Å². The fourth-order valence-corrected chi connectivity index (χ4v) is 4.41. The van der Waals surface area contributed by atoms with Gasteiger partial charge in [0.15, 0.2) is 14.6 Å². The van der Waals surface area contributed by atoms with Crippen molar-refractivity contribution in [3.8, 4) is 0 Å². The van der Waals surface area contributed by atoms with Crippen molar-refractivity contribution in [1.29, 1.82) is 0 Å². The maximum absolute atomic E-state index is 14.0. The summed E-state index contributed by atoms with van der Waals surface area (Å²) in [6.45, 7) is 2.58. The second-order valence-electron chi connectivity index (χ2n) is 6.12. The predicted molar refractivity (Wildman–Crippen MR) is 94.5 cm³/mol. The van der Waals surface area contributed by atoms with E-state index in [0.29, 0.717) is 19.5 Å². The van der Waals surface area contributed by atoms with Crippen molar-refractivity contribution in [2.45, 2.75) is 37.0 Å². The number of benzene rings is 1. The van der Waals surface area contributed by atoms with Crippen molar-refractivity contribution in [2.24, 2.45) is 0 Å². The number of amides is 1. The Hall–Kier alpha value is -1.25. The largest absolute Gasteiger partial charge is 0.348 e. The van der Waals surface area contributed by atoms with Crippen LogP contribution in [0.4, 0.5) is 8.78 Å². The van der Waals surface area contributed by atoms with Gasteiger partial charge in [0.25, 0.3) is 0 Å². The number of piperidine rings is 1. The highest BCUT2D eigenvalue weighted by Gasteiger charge is 2.49. The van der Waals surface area contributed by atoms with Gasteiger partial charge in [-0.2, -0.15) is 0 Å². The van der Waals surface area contributed by atoms with E-state index in [1.807, 2.05) is 0 Å². The van der Waals surface area contributed by atoms with Gasteiger partial charge in [0.1, 0.15) is 11.6 Å². The zero-order valence-corrected chi connectivity index (χ0v) is 15.8. The first-order valence-electron chi connectivity index (χ1n) is 7.87. The normalized spacial score (nSPS) is 18.1. The first-order valence-corrected chi connectivity index (χ1v) is 9.76. The number of carbonyl (C=O) groups excluding carboxylic acids is 1. The molecule has 9 heteroatoms. The van der Waals surface area contributed by atoms with Crippen LogP contribution in [0.3, 0.4) is 0 Å². The van der Waals surface area contributed by atoms with Crippen molar-refractivity contribution in [2.75, 3.05) is 19.3 Å². The summed E-state index contributed by atoms with van der Waals surface area (Å²) in [5.74, 6) is -2.09. The Bertz CT molecular complexity index is 722. The zero-order chi connectivity index (χ0) is 18.0. The molecule has 1 atom stereocenters. The fourth-order valence-electron chi connectivity index (χ4n) is 3.07. The van der Waals surface area contributed by atoms with E-state index in [1.54, 1.807) is 6.92 Å². The average Bonchev–Trinajstić information content (AvgIpc) is 2.52. The molecule has 1 heterocycles. The summed E-state index contributed by atoms with van der Waals surface area (Å²) in [6, 6.07) is 2.42. The molecule has 0 bridgehead atoms. The molecule has 0 radical (unpaired) electrons. The predicted octanol–water partition coefficient (Wildman–Crippen LogP) is 2.12. The standard InChI is InChI=1S/C16H22F2N2O3S.ClH/c1-3-14(12-5-4-11(17)10-13(12)18)20-15(21)16(24(2,22)23)6-8-19-9-7-16;/h4-5,10,14,19H,3,6-9H2,1-2H3,(H,20,21);1H. The van der Waals surface area contributed by atoms with Crippen molar-refractivity contribution in [3.05, 3.63) is 35.4 Å². The van der Waals surface area contributed by atoms with E-state index < -0.39 is 38.2 Å². The Morgan fingerprint density at radius 2 is 1.92 bits per heavy atom. The van der Waals surface area contributed by atoms with Crippen molar-refractivity contribution < 1.29 is 22.0 Å². The SMILES string of the molecule is CCC(NC(=O)C1(S(C)(=O)=O)CCNCC1)c1ccc(F)cc1F.Cl. The number of hydrogen-bond donors (Lipinski definition) is 2. The van der Waals surface area contributed by atoms with Crippen LogP contribution in [0.1, 0.15) is 37.8 Å². The minimum absolute atomic E-state index is 0. The van der Waals surface area contributed by atoms with E-state index in [0.717, 1.165) is 18.4 Å². The topological polar surface area (TPSA) is 75.3 Å². The van der Waals surface area contributed by atoms with Crippen molar-refractivity contribution >= 4 is 28.2 Å². The number of halogens is 3. The highest BCUT2D eigenvalue weighted by atomic mass is 35.5. The molecule has 1 amide bonds. The molecular weight excluding hydrogens is 374 g/mol. The quantitative estimate of drug-likeness (QED) is 0.799. The van der Waals surface area contributed by atoms with E-state index in [2.05, 4.69) is 10.6 Å². The van der Waals surface area contributed by atoms with Crippen molar-refractivity contribution in [3.63, 3.8) is 0 Å². The highest BCUT2D eigenvalue weighted by molar-refractivity contribution is 7.92. The highest BCUT2D eigenvalue weighted by Crippen LogP contribution is 2.30. The summed E-state index contributed by atoms with van der Waals surface area (Å²) in [5.41, 5.74) is 0.143. The minimum Gasteiger partial charge on any atom is -0.348 e. The van der Waals surface area contributed by atoms with Gasteiger partial charge in [0, 0.05) is 17.9 Å². The molecule has 0 spiro atoms. The molecule has 1 aromatic carbocycles. The molecule has 0 aliphatic carbocycles. The number of hydrogen-bond acceptors (Lipinski definition) is 4. The van der Waals surface area contributed by atoms with E-state index in [1.165, 1.54) is 6.07 Å². The molecule has 2 rings (SSSR count). The van der Waals surface area contributed by atoms with Crippen LogP contribution in [-0.2, 0) is 14.6 Å². The molecule has 1 fully saturated rings. The van der Waals surface area contributed by atoms with Crippen LogP contribution in [0.2, 0.25) is 0 Å². The third-order valence-corrected chi connectivity index (χ3v) is 6.60. The van der Waals surface area contributed by atoms with Gasteiger partial charge < -0.3 is 10.6 Å². The molecule has 0 saturated carbocycles. The van der Waals surface area contributed by atoms with Gasteiger partial charge in [-0.1, -0.05) is 13.0 Å². The maximum Gasteiger partial charge on any atom is 0.242 e. The maximum atomic E-state index is 14.0. The van der Waals surface area contributed by atoms with Gasteiger partial charge in [0.2, 0.25) is 5.91 Å². The van der Waals surface area contributed by atoms with Crippen LogP contribution in [0.15, 0.2) is 18.2 Å². The molecule has 1 aliphatic rings.